The second-order valence-corrected chi connectivity index (χ2v) is 5.07. The summed E-state index contributed by atoms with van der Waals surface area (Å²) in [6.07, 6.45) is 3.93. The molecule has 0 radical (unpaired) electrons. The lowest BCUT2D eigenvalue weighted by Gasteiger charge is -2.10. The largest absolute Gasteiger partial charge is 0.495 e. The van der Waals surface area contributed by atoms with Crippen LogP contribution >= 0.6 is 0 Å². The van der Waals surface area contributed by atoms with Crippen LogP contribution in [0, 0.1) is 18.3 Å². The van der Waals surface area contributed by atoms with Crippen molar-refractivity contribution in [2.75, 3.05) is 25.6 Å². The number of nitrogens with one attached hydrogen (secondary N) is 2. The molecule has 3 N–H and O–H groups in total. The van der Waals surface area contributed by atoms with Gasteiger partial charge < -0.3 is 20.5 Å². The number of carbonyl (C=O) groups is 1. The van der Waals surface area contributed by atoms with E-state index in [2.05, 4.69) is 10.6 Å². The Morgan fingerprint density at radius 2 is 2.17 bits per heavy atom. The Balaban J connectivity index is 2.64. The lowest BCUT2D eigenvalue weighted by atomic mass is 10.2. The Morgan fingerprint density at radius 3 is 2.83 bits per heavy atom. The molecule has 0 aliphatic rings. The van der Waals surface area contributed by atoms with Crippen LogP contribution in [0.2, 0.25) is 0 Å². The van der Waals surface area contributed by atoms with Crippen LogP contribution in [0.3, 0.4) is 0 Å². The third kappa shape index (κ3) is 6.41. The molecule has 0 heterocycles. The molecule has 0 fully saturated rings. The Kier molecular flexibility index (Phi) is 8.25. The number of unbranched alkanes of at least 4 members (excludes halogenated alkanes) is 2. The minimum absolute atomic E-state index is 0.00397. The maximum absolute atomic E-state index is 12.2. The number of nitrogens with zero attached hydrogens (tertiary/aromatic N) is 1. The number of aliphatic hydroxyl groups excluding tert-OH is 1. The van der Waals surface area contributed by atoms with Crippen molar-refractivity contribution >= 4 is 11.6 Å². The van der Waals surface area contributed by atoms with Crippen LogP contribution in [-0.2, 0) is 4.79 Å². The Labute approximate surface area is 136 Å². The summed E-state index contributed by atoms with van der Waals surface area (Å²) in [7, 11) is 1.52. The normalized spacial score (nSPS) is 10.8. The molecule has 1 aromatic rings. The molecule has 124 valence electrons. The second-order valence-electron chi connectivity index (χ2n) is 5.07. The topological polar surface area (TPSA) is 94.4 Å². The highest BCUT2D eigenvalue weighted by Gasteiger charge is 2.12. The Bertz CT molecular complexity index is 591. The van der Waals surface area contributed by atoms with Crippen LogP contribution in [0.1, 0.15) is 24.8 Å². The summed E-state index contributed by atoms with van der Waals surface area (Å²) in [5.74, 6) is 0.0532. The number of carbonyl (C=O) groups excluding carboxylic acids is 1. The van der Waals surface area contributed by atoms with Crippen molar-refractivity contribution in [3.63, 3.8) is 0 Å². The molecule has 0 saturated heterocycles. The number of aliphatic hydroxyl groups is 1. The zero-order valence-electron chi connectivity index (χ0n) is 13.6. The molecule has 0 atom stereocenters. The number of amides is 1. The van der Waals surface area contributed by atoms with Crippen molar-refractivity contribution in [3.8, 4) is 11.8 Å². The Morgan fingerprint density at radius 1 is 1.39 bits per heavy atom. The lowest BCUT2D eigenvalue weighted by molar-refractivity contribution is -0.112. The van der Waals surface area contributed by atoms with Gasteiger partial charge in [-0.15, -0.1) is 0 Å². The molecule has 23 heavy (non-hydrogen) atoms. The van der Waals surface area contributed by atoms with Gasteiger partial charge in [-0.3, -0.25) is 4.79 Å². The number of benzene rings is 1. The van der Waals surface area contributed by atoms with E-state index in [4.69, 9.17) is 15.1 Å². The molecule has 0 aliphatic carbocycles. The van der Waals surface area contributed by atoms with Gasteiger partial charge in [0.25, 0.3) is 5.91 Å². The van der Waals surface area contributed by atoms with Crippen LogP contribution in [0.25, 0.3) is 0 Å². The minimum atomic E-state index is -0.487. The predicted octanol–water partition coefficient (Wildman–Crippen LogP) is 2.10. The highest BCUT2D eigenvalue weighted by molar-refractivity contribution is 6.07. The summed E-state index contributed by atoms with van der Waals surface area (Å²) < 4.78 is 5.20. The SMILES string of the molecule is COc1ccc(C)cc1NC(=O)/C(C#N)=C\NCCCCCO. The van der Waals surface area contributed by atoms with Gasteiger partial charge in [0.1, 0.15) is 17.4 Å². The van der Waals surface area contributed by atoms with E-state index in [0.717, 1.165) is 24.8 Å². The first-order valence-electron chi connectivity index (χ1n) is 7.53. The molecule has 6 nitrogen and oxygen atoms in total. The van der Waals surface area contributed by atoms with E-state index in [-0.39, 0.29) is 12.2 Å². The predicted molar refractivity (Wildman–Crippen MR) is 89.0 cm³/mol. The van der Waals surface area contributed by atoms with E-state index in [1.807, 2.05) is 19.1 Å². The van der Waals surface area contributed by atoms with Gasteiger partial charge in [0.05, 0.1) is 12.8 Å². The fourth-order valence-electron chi connectivity index (χ4n) is 1.95. The minimum Gasteiger partial charge on any atom is -0.495 e. The summed E-state index contributed by atoms with van der Waals surface area (Å²) in [4.78, 5) is 12.2. The number of ether oxygens (including phenoxy) is 1. The van der Waals surface area contributed by atoms with Crippen molar-refractivity contribution < 1.29 is 14.6 Å². The Hall–Kier alpha value is -2.52. The number of anilines is 1. The fourth-order valence-corrected chi connectivity index (χ4v) is 1.95. The van der Waals surface area contributed by atoms with Crippen molar-refractivity contribution in [2.24, 2.45) is 0 Å². The van der Waals surface area contributed by atoms with Crippen molar-refractivity contribution in [2.45, 2.75) is 26.2 Å². The summed E-state index contributed by atoms with van der Waals surface area (Å²) >= 11 is 0. The average molecular weight is 317 g/mol. The summed E-state index contributed by atoms with van der Waals surface area (Å²) in [6, 6.07) is 7.31. The van der Waals surface area contributed by atoms with E-state index in [9.17, 15) is 4.79 Å². The molecule has 0 saturated carbocycles. The molecule has 1 rings (SSSR count). The zero-order chi connectivity index (χ0) is 17.1. The van der Waals surface area contributed by atoms with Gasteiger partial charge in [-0.25, -0.2) is 0 Å². The lowest BCUT2D eigenvalue weighted by Crippen LogP contribution is -2.17. The highest BCUT2D eigenvalue weighted by atomic mass is 16.5. The first kappa shape index (κ1) is 18.5. The standard InChI is InChI=1S/C17H23N3O3/c1-13-6-7-16(23-2)15(10-13)20-17(22)14(11-18)12-19-8-4-3-5-9-21/h6-7,10,12,19,21H,3-5,8-9H2,1-2H3,(H,20,22)/b14-12-. The molecule has 6 heteroatoms. The number of rotatable bonds is 9. The van der Waals surface area contributed by atoms with E-state index in [1.54, 1.807) is 12.1 Å². The van der Waals surface area contributed by atoms with Crippen LogP contribution in [0.4, 0.5) is 5.69 Å². The number of aryl methyl sites for hydroxylation is 1. The van der Waals surface area contributed by atoms with Crippen molar-refractivity contribution in [1.29, 1.82) is 5.26 Å². The summed E-state index contributed by atoms with van der Waals surface area (Å²) in [5, 5.41) is 23.4. The molecule has 0 aliphatic heterocycles. The van der Waals surface area contributed by atoms with Gasteiger partial charge in [0.2, 0.25) is 0 Å². The van der Waals surface area contributed by atoms with Crippen molar-refractivity contribution in [3.05, 3.63) is 35.5 Å². The third-order valence-corrected chi connectivity index (χ3v) is 3.19. The number of hydrogen-bond donors (Lipinski definition) is 3. The molecule has 0 bridgehead atoms. The second kappa shape index (κ2) is 10.2. The van der Waals surface area contributed by atoms with Crippen LogP contribution in [0.5, 0.6) is 5.75 Å². The molecule has 1 amide bonds. The quantitative estimate of drug-likeness (QED) is 0.368. The smallest absolute Gasteiger partial charge is 0.267 e. The summed E-state index contributed by atoms with van der Waals surface area (Å²) in [6.45, 7) is 2.73. The molecule has 0 spiro atoms. The number of hydrogen-bond acceptors (Lipinski definition) is 5. The van der Waals surface area contributed by atoms with Gasteiger partial charge in [-0.05, 0) is 43.9 Å². The van der Waals surface area contributed by atoms with Crippen molar-refractivity contribution in [1.82, 2.24) is 5.32 Å². The third-order valence-electron chi connectivity index (χ3n) is 3.19. The zero-order valence-corrected chi connectivity index (χ0v) is 13.6. The van der Waals surface area contributed by atoms with Gasteiger partial charge >= 0.3 is 0 Å². The monoisotopic (exact) mass is 317 g/mol. The maximum atomic E-state index is 12.2. The fraction of sp³-hybridized carbons (Fsp3) is 0.412. The van der Waals surface area contributed by atoms with E-state index >= 15 is 0 Å². The van der Waals surface area contributed by atoms with Crippen LogP contribution in [0.15, 0.2) is 30.0 Å². The van der Waals surface area contributed by atoms with Crippen LogP contribution in [-0.4, -0.2) is 31.3 Å². The molecule has 1 aromatic carbocycles. The van der Waals surface area contributed by atoms with E-state index < -0.39 is 5.91 Å². The molecule has 0 aromatic heterocycles. The van der Waals surface area contributed by atoms with Gasteiger partial charge in [-0.2, -0.15) is 5.26 Å². The molecule has 0 unspecified atom stereocenters. The van der Waals surface area contributed by atoms with Gasteiger partial charge in [0.15, 0.2) is 0 Å². The number of methoxy groups -OCH3 is 1. The van der Waals surface area contributed by atoms with Crippen LogP contribution < -0.4 is 15.4 Å². The first-order chi connectivity index (χ1) is 11.1. The van der Waals surface area contributed by atoms with E-state index in [1.165, 1.54) is 13.3 Å². The number of nitriles is 1. The van der Waals surface area contributed by atoms with Gasteiger partial charge in [-0.1, -0.05) is 6.07 Å². The average Bonchev–Trinajstić information content (AvgIpc) is 2.54. The first-order valence-corrected chi connectivity index (χ1v) is 7.53. The highest BCUT2D eigenvalue weighted by Crippen LogP contribution is 2.25. The molecular formula is C17H23N3O3. The maximum Gasteiger partial charge on any atom is 0.267 e. The summed E-state index contributed by atoms with van der Waals surface area (Å²) in [5.41, 5.74) is 1.50. The molecular weight excluding hydrogens is 294 g/mol. The van der Waals surface area contributed by atoms with Gasteiger partial charge in [0, 0.05) is 19.4 Å². The van der Waals surface area contributed by atoms with E-state index in [0.29, 0.717) is 18.0 Å².